The molecular weight excluding hydrogens is 341 g/mol. The van der Waals surface area contributed by atoms with E-state index >= 15 is 0 Å². The molecule has 1 atom stereocenters. The van der Waals surface area contributed by atoms with Crippen LogP contribution in [-0.2, 0) is 6.54 Å². The Balaban J connectivity index is 1.31. The molecule has 27 heavy (non-hydrogen) atoms. The van der Waals surface area contributed by atoms with E-state index in [1.807, 2.05) is 23.1 Å². The topological polar surface area (TPSA) is 35.6 Å². The van der Waals surface area contributed by atoms with E-state index in [1.165, 1.54) is 18.1 Å². The molecule has 1 N–H and O–H groups in total. The number of halogens is 1. The number of benzene rings is 2. The second kappa shape index (κ2) is 8.19. The Hall–Kier alpha value is -2.24. The molecule has 0 spiro atoms. The molecule has 2 fully saturated rings. The number of rotatable bonds is 4. The van der Waals surface area contributed by atoms with Crippen molar-refractivity contribution in [3.8, 4) is 0 Å². The van der Waals surface area contributed by atoms with Crippen LogP contribution in [0.2, 0.25) is 0 Å². The van der Waals surface area contributed by atoms with Crippen molar-refractivity contribution in [2.75, 3.05) is 39.3 Å². The molecule has 5 heteroatoms. The number of nitrogens with one attached hydrogen (secondary N) is 1. The normalized spacial score (nSPS) is 20.8. The Labute approximate surface area is 160 Å². The van der Waals surface area contributed by atoms with Gasteiger partial charge < -0.3 is 10.2 Å². The summed E-state index contributed by atoms with van der Waals surface area (Å²) >= 11 is 0. The molecule has 2 saturated heterocycles. The highest BCUT2D eigenvalue weighted by atomic mass is 19.1. The minimum absolute atomic E-state index is 0.108. The van der Waals surface area contributed by atoms with E-state index in [4.69, 9.17) is 0 Å². The Morgan fingerprint density at radius 3 is 2.52 bits per heavy atom. The molecule has 2 aromatic rings. The van der Waals surface area contributed by atoms with Crippen molar-refractivity contribution in [1.82, 2.24) is 15.1 Å². The molecule has 0 unspecified atom stereocenters. The third-order valence-corrected chi connectivity index (χ3v) is 5.64. The maximum Gasteiger partial charge on any atom is 0.253 e. The van der Waals surface area contributed by atoms with E-state index in [1.54, 1.807) is 12.1 Å². The fourth-order valence-corrected chi connectivity index (χ4v) is 4.02. The summed E-state index contributed by atoms with van der Waals surface area (Å²) in [5, 5.41) is 3.38. The van der Waals surface area contributed by atoms with Gasteiger partial charge in [0, 0.05) is 44.8 Å². The van der Waals surface area contributed by atoms with Crippen molar-refractivity contribution in [3.05, 3.63) is 71.0 Å². The fourth-order valence-electron chi connectivity index (χ4n) is 4.02. The maximum atomic E-state index is 13.3. The highest BCUT2D eigenvalue weighted by Crippen LogP contribution is 2.23. The third-order valence-electron chi connectivity index (χ3n) is 5.64. The Morgan fingerprint density at radius 1 is 1.07 bits per heavy atom. The SMILES string of the molecule is O=C(c1ccc([C@H]2CCNC2)cc1)N1CCN(Cc2cccc(F)c2)CC1. The molecule has 1 amide bonds. The summed E-state index contributed by atoms with van der Waals surface area (Å²) in [4.78, 5) is 17.0. The predicted octanol–water partition coefficient (Wildman–Crippen LogP) is 2.86. The number of hydrogen-bond acceptors (Lipinski definition) is 3. The van der Waals surface area contributed by atoms with E-state index in [2.05, 4.69) is 22.3 Å². The van der Waals surface area contributed by atoms with Crippen LogP contribution in [-0.4, -0.2) is 55.0 Å². The van der Waals surface area contributed by atoms with Crippen LogP contribution in [0.1, 0.15) is 33.8 Å². The molecule has 2 heterocycles. The average Bonchev–Trinajstić information content (AvgIpc) is 3.23. The zero-order valence-electron chi connectivity index (χ0n) is 15.5. The van der Waals surface area contributed by atoms with Gasteiger partial charge in [0.25, 0.3) is 5.91 Å². The number of piperazine rings is 1. The van der Waals surface area contributed by atoms with E-state index in [9.17, 15) is 9.18 Å². The van der Waals surface area contributed by atoms with Crippen LogP contribution in [0.25, 0.3) is 0 Å². The fraction of sp³-hybridized carbons (Fsp3) is 0.409. The lowest BCUT2D eigenvalue weighted by Crippen LogP contribution is -2.48. The van der Waals surface area contributed by atoms with Gasteiger partial charge in [0.15, 0.2) is 0 Å². The predicted molar refractivity (Wildman–Crippen MR) is 104 cm³/mol. The number of nitrogens with zero attached hydrogens (tertiary/aromatic N) is 2. The number of carbonyl (C=O) groups excluding carboxylic acids is 1. The third kappa shape index (κ3) is 4.37. The van der Waals surface area contributed by atoms with Gasteiger partial charge >= 0.3 is 0 Å². The van der Waals surface area contributed by atoms with E-state index in [-0.39, 0.29) is 11.7 Å². The van der Waals surface area contributed by atoms with Crippen LogP contribution < -0.4 is 5.32 Å². The molecule has 4 nitrogen and oxygen atoms in total. The highest BCUT2D eigenvalue weighted by molar-refractivity contribution is 5.94. The molecule has 0 saturated carbocycles. The molecule has 2 aromatic carbocycles. The van der Waals surface area contributed by atoms with Gasteiger partial charge in [-0.2, -0.15) is 0 Å². The van der Waals surface area contributed by atoms with Crippen LogP contribution in [0.15, 0.2) is 48.5 Å². The molecule has 0 bridgehead atoms. The van der Waals surface area contributed by atoms with Crippen molar-refractivity contribution in [3.63, 3.8) is 0 Å². The van der Waals surface area contributed by atoms with Crippen molar-refractivity contribution < 1.29 is 9.18 Å². The molecular formula is C22H26FN3O. The Morgan fingerprint density at radius 2 is 1.85 bits per heavy atom. The first-order valence-corrected chi connectivity index (χ1v) is 9.76. The Bertz CT molecular complexity index is 778. The second-order valence-electron chi connectivity index (χ2n) is 7.51. The van der Waals surface area contributed by atoms with Gasteiger partial charge in [-0.15, -0.1) is 0 Å². The van der Waals surface area contributed by atoms with Crippen LogP contribution >= 0.6 is 0 Å². The van der Waals surface area contributed by atoms with E-state index < -0.39 is 0 Å². The van der Waals surface area contributed by atoms with Gasteiger partial charge in [-0.25, -0.2) is 4.39 Å². The molecule has 0 radical (unpaired) electrons. The minimum Gasteiger partial charge on any atom is -0.336 e. The van der Waals surface area contributed by atoms with Gasteiger partial charge in [0.1, 0.15) is 5.82 Å². The largest absolute Gasteiger partial charge is 0.336 e. The van der Waals surface area contributed by atoms with Gasteiger partial charge in [-0.1, -0.05) is 24.3 Å². The van der Waals surface area contributed by atoms with Crippen LogP contribution in [0, 0.1) is 5.82 Å². The second-order valence-corrected chi connectivity index (χ2v) is 7.51. The van der Waals surface area contributed by atoms with Crippen LogP contribution in [0.5, 0.6) is 0 Å². The van der Waals surface area contributed by atoms with E-state index in [0.29, 0.717) is 19.0 Å². The summed E-state index contributed by atoms with van der Waals surface area (Å²) in [5.41, 5.74) is 3.06. The lowest BCUT2D eigenvalue weighted by molar-refractivity contribution is 0.0628. The van der Waals surface area contributed by atoms with Gasteiger partial charge in [0.05, 0.1) is 0 Å². The summed E-state index contributed by atoms with van der Waals surface area (Å²) in [6, 6.07) is 14.9. The Kier molecular flexibility index (Phi) is 5.50. The molecule has 0 aromatic heterocycles. The van der Waals surface area contributed by atoms with Crippen molar-refractivity contribution in [2.45, 2.75) is 18.9 Å². The van der Waals surface area contributed by atoms with Gasteiger partial charge in [-0.05, 0) is 54.3 Å². The van der Waals surface area contributed by atoms with E-state index in [0.717, 1.165) is 43.9 Å². The average molecular weight is 367 g/mol. The monoisotopic (exact) mass is 367 g/mol. The summed E-state index contributed by atoms with van der Waals surface area (Å²) in [5.74, 6) is 0.482. The van der Waals surface area contributed by atoms with Crippen molar-refractivity contribution in [1.29, 1.82) is 0 Å². The first kappa shape index (κ1) is 18.1. The van der Waals surface area contributed by atoms with Gasteiger partial charge in [-0.3, -0.25) is 9.69 Å². The first-order chi connectivity index (χ1) is 13.2. The first-order valence-electron chi connectivity index (χ1n) is 9.76. The lowest BCUT2D eigenvalue weighted by atomic mass is 9.97. The zero-order valence-corrected chi connectivity index (χ0v) is 15.5. The zero-order chi connectivity index (χ0) is 18.6. The molecule has 2 aliphatic heterocycles. The molecule has 0 aliphatic carbocycles. The van der Waals surface area contributed by atoms with Gasteiger partial charge in [0.2, 0.25) is 0 Å². The van der Waals surface area contributed by atoms with Crippen molar-refractivity contribution in [2.24, 2.45) is 0 Å². The lowest BCUT2D eigenvalue weighted by Gasteiger charge is -2.34. The maximum absolute atomic E-state index is 13.3. The smallest absolute Gasteiger partial charge is 0.253 e. The number of carbonyl (C=O) groups is 1. The van der Waals surface area contributed by atoms with Crippen LogP contribution in [0.3, 0.4) is 0 Å². The summed E-state index contributed by atoms with van der Waals surface area (Å²) in [7, 11) is 0. The molecule has 4 rings (SSSR count). The molecule has 142 valence electrons. The quantitative estimate of drug-likeness (QED) is 0.903. The molecule has 2 aliphatic rings. The standard InChI is InChI=1S/C22H26FN3O/c23-21-3-1-2-17(14-21)16-25-10-12-26(13-11-25)22(27)19-6-4-18(5-7-19)20-8-9-24-15-20/h1-7,14,20,24H,8-13,15-16H2/t20-/m0/s1. The van der Waals surface area contributed by atoms with Crippen LogP contribution in [0.4, 0.5) is 4.39 Å². The summed E-state index contributed by atoms with van der Waals surface area (Å²) in [6.45, 7) is 5.88. The summed E-state index contributed by atoms with van der Waals surface area (Å²) < 4.78 is 13.3. The number of amides is 1. The number of hydrogen-bond donors (Lipinski definition) is 1. The highest BCUT2D eigenvalue weighted by Gasteiger charge is 2.23. The summed E-state index contributed by atoms with van der Waals surface area (Å²) in [6.07, 6.45) is 1.17. The van der Waals surface area contributed by atoms with Crippen molar-refractivity contribution >= 4 is 5.91 Å². The minimum atomic E-state index is -0.196.